The molecule has 0 radical (unpaired) electrons. The zero-order chi connectivity index (χ0) is 30.9. The summed E-state index contributed by atoms with van der Waals surface area (Å²) in [5.41, 5.74) is 2.74. The van der Waals surface area contributed by atoms with Gasteiger partial charge in [-0.2, -0.15) is 0 Å². The van der Waals surface area contributed by atoms with Crippen molar-refractivity contribution in [2.24, 2.45) is 11.8 Å². The van der Waals surface area contributed by atoms with Crippen LogP contribution in [0.2, 0.25) is 0 Å². The lowest BCUT2D eigenvalue weighted by molar-refractivity contribution is -0.339. The highest BCUT2D eigenvalue weighted by atomic mass is 16.8. The van der Waals surface area contributed by atoms with Crippen molar-refractivity contribution in [3.8, 4) is 11.5 Å². The third kappa shape index (κ3) is 6.63. The maximum atomic E-state index is 13.3. The Bertz CT molecular complexity index is 1330. The van der Waals surface area contributed by atoms with E-state index in [2.05, 4.69) is 26.1 Å². The van der Waals surface area contributed by atoms with Crippen molar-refractivity contribution in [1.29, 1.82) is 0 Å². The van der Waals surface area contributed by atoms with Crippen molar-refractivity contribution < 1.29 is 49.3 Å². The van der Waals surface area contributed by atoms with Crippen molar-refractivity contribution in [1.82, 2.24) is 0 Å². The average molecular weight is 598 g/mol. The fourth-order valence-corrected chi connectivity index (χ4v) is 5.61. The second kappa shape index (κ2) is 12.7. The van der Waals surface area contributed by atoms with E-state index in [1.54, 1.807) is 24.3 Å². The van der Waals surface area contributed by atoms with Gasteiger partial charge in [0.05, 0.1) is 31.0 Å². The first kappa shape index (κ1) is 31.1. The fourth-order valence-electron chi connectivity index (χ4n) is 5.61. The number of nitrogens with one attached hydrogen (secondary N) is 1. The predicted octanol–water partition coefficient (Wildman–Crippen LogP) is 2.33. The van der Waals surface area contributed by atoms with Crippen LogP contribution in [0.1, 0.15) is 32.8 Å². The number of benzene rings is 2. The first-order valence-corrected chi connectivity index (χ1v) is 14.3. The summed E-state index contributed by atoms with van der Waals surface area (Å²) in [5.74, 6) is -0.0508. The Morgan fingerprint density at radius 2 is 1.58 bits per heavy atom. The molecule has 11 nitrogen and oxygen atoms in total. The minimum atomic E-state index is -1.62. The van der Waals surface area contributed by atoms with Crippen molar-refractivity contribution in [3.05, 3.63) is 77.6 Å². The molecule has 1 fully saturated rings. The van der Waals surface area contributed by atoms with Gasteiger partial charge in [0, 0.05) is 11.6 Å². The van der Waals surface area contributed by atoms with E-state index in [9.17, 15) is 30.3 Å². The lowest BCUT2D eigenvalue weighted by Crippen LogP contribution is -2.60. The molecule has 0 saturated carbocycles. The van der Waals surface area contributed by atoms with E-state index in [1.807, 2.05) is 30.3 Å². The summed E-state index contributed by atoms with van der Waals surface area (Å²) in [6, 6.07) is 14.9. The quantitative estimate of drug-likeness (QED) is 0.249. The first-order chi connectivity index (χ1) is 20.5. The second-order valence-electron chi connectivity index (χ2n) is 12.1. The Kier molecular flexibility index (Phi) is 9.23. The summed E-state index contributed by atoms with van der Waals surface area (Å²) in [6.45, 7) is 5.55. The van der Waals surface area contributed by atoms with Gasteiger partial charge in [0.1, 0.15) is 35.9 Å². The molecule has 232 valence electrons. The number of carbonyl (C=O) groups is 1. The standard InChI is InChI=1S/C32H39NO10/c1-32(2,3)18-5-9-20(10-6-18)41-21-11-7-19(8-12-21)33-29(39)23-16-40-30(25-17(14-34)4-13-22(23)25)43-31-28(38)27(37)26(36)24(15-35)42-31/h4-12,16,22,24-28,30-31,34-38H,13-15H2,1-3H3,(H,33,39)/t22-,24-,25-,26-,27+,28-,30+,31+/m1/s1. The molecule has 0 bridgehead atoms. The van der Waals surface area contributed by atoms with E-state index in [0.29, 0.717) is 34.8 Å². The van der Waals surface area contributed by atoms with Gasteiger partial charge >= 0.3 is 0 Å². The highest BCUT2D eigenvalue weighted by molar-refractivity contribution is 6.04. The van der Waals surface area contributed by atoms with Crippen LogP contribution in [0, 0.1) is 11.8 Å². The maximum absolute atomic E-state index is 13.3. The van der Waals surface area contributed by atoms with Gasteiger partial charge in [0.15, 0.2) is 6.29 Å². The average Bonchev–Trinajstić information content (AvgIpc) is 3.43. The lowest BCUT2D eigenvalue weighted by atomic mass is 9.83. The van der Waals surface area contributed by atoms with Gasteiger partial charge in [-0.3, -0.25) is 4.79 Å². The van der Waals surface area contributed by atoms with Crippen LogP contribution in [-0.2, 0) is 24.4 Å². The van der Waals surface area contributed by atoms with Gasteiger partial charge in [-0.25, -0.2) is 0 Å². The maximum Gasteiger partial charge on any atom is 0.255 e. The number of ether oxygens (including phenoxy) is 4. The lowest BCUT2D eigenvalue weighted by Gasteiger charge is -2.43. The largest absolute Gasteiger partial charge is 0.471 e. The monoisotopic (exact) mass is 597 g/mol. The smallest absolute Gasteiger partial charge is 0.255 e. The molecule has 1 saturated heterocycles. The van der Waals surface area contributed by atoms with Crippen LogP contribution in [0.3, 0.4) is 0 Å². The first-order valence-electron chi connectivity index (χ1n) is 14.3. The molecule has 2 aliphatic heterocycles. The van der Waals surface area contributed by atoms with E-state index in [0.717, 1.165) is 0 Å². The van der Waals surface area contributed by atoms with E-state index in [4.69, 9.17) is 18.9 Å². The van der Waals surface area contributed by atoms with E-state index < -0.39 is 55.4 Å². The molecule has 2 aromatic rings. The summed E-state index contributed by atoms with van der Waals surface area (Å²) in [5, 5.41) is 52.9. The highest BCUT2D eigenvalue weighted by Gasteiger charge is 2.49. The molecule has 43 heavy (non-hydrogen) atoms. The number of allylic oxidation sites excluding steroid dienone is 1. The highest BCUT2D eigenvalue weighted by Crippen LogP contribution is 2.44. The van der Waals surface area contributed by atoms with Crippen LogP contribution in [0.4, 0.5) is 5.69 Å². The number of anilines is 1. The Labute approximate surface area is 250 Å². The van der Waals surface area contributed by atoms with Crippen LogP contribution < -0.4 is 10.1 Å². The van der Waals surface area contributed by atoms with Crippen molar-refractivity contribution in [2.75, 3.05) is 18.5 Å². The molecule has 2 heterocycles. The molecule has 1 amide bonds. The molecule has 0 unspecified atom stereocenters. The topological polar surface area (TPSA) is 167 Å². The molecule has 11 heteroatoms. The molecule has 6 N–H and O–H groups in total. The van der Waals surface area contributed by atoms with Gasteiger partial charge in [0.25, 0.3) is 5.91 Å². The number of hydrogen-bond donors (Lipinski definition) is 6. The molecule has 0 spiro atoms. The van der Waals surface area contributed by atoms with Crippen LogP contribution in [-0.4, -0.2) is 81.6 Å². The van der Waals surface area contributed by atoms with Gasteiger partial charge < -0.3 is 49.8 Å². The minimum absolute atomic E-state index is 0.0453. The molecular formula is C32H39NO10. The fraction of sp³-hybridized carbons (Fsp3) is 0.469. The molecule has 2 aromatic carbocycles. The van der Waals surface area contributed by atoms with Crippen molar-refractivity contribution >= 4 is 11.6 Å². The molecule has 3 aliphatic rings. The Hall–Kier alpha value is -3.29. The van der Waals surface area contributed by atoms with Crippen LogP contribution in [0.15, 0.2) is 72.0 Å². The van der Waals surface area contributed by atoms with E-state index >= 15 is 0 Å². The van der Waals surface area contributed by atoms with Crippen LogP contribution in [0.5, 0.6) is 11.5 Å². The number of aliphatic hydroxyl groups excluding tert-OH is 5. The van der Waals surface area contributed by atoms with Crippen LogP contribution >= 0.6 is 0 Å². The Morgan fingerprint density at radius 3 is 2.19 bits per heavy atom. The van der Waals surface area contributed by atoms with Crippen LogP contribution in [0.25, 0.3) is 0 Å². The molecule has 5 rings (SSSR count). The van der Waals surface area contributed by atoms with Gasteiger partial charge in [-0.05, 0) is 59.4 Å². The molecular weight excluding hydrogens is 558 g/mol. The van der Waals surface area contributed by atoms with Gasteiger partial charge in [-0.15, -0.1) is 0 Å². The number of hydrogen-bond acceptors (Lipinski definition) is 10. The van der Waals surface area contributed by atoms with Gasteiger partial charge in [-0.1, -0.05) is 39.0 Å². The summed E-state index contributed by atoms with van der Waals surface area (Å²) in [4.78, 5) is 13.3. The number of fused-ring (bicyclic) bond motifs is 1. The minimum Gasteiger partial charge on any atom is -0.471 e. The van der Waals surface area contributed by atoms with E-state index in [-0.39, 0.29) is 17.9 Å². The zero-order valence-electron chi connectivity index (χ0n) is 24.3. The third-order valence-electron chi connectivity index (χ3n) is 8.15. The Balaban J connectivity index is 1.24. The summed E-state index contributed by atoms with van der Waals surface area (Å²) in [6.07, 6.45) is -4.87. The number of aliphatic hydroxyl groups is 5. The number of amides is 1. The SMILES string of the molecule is CC(C)(C)c1ccc(Oc2ccc(NC(=O)C3=CO[C@@H](O[C@@H]4O[C@H](CO)[C@@H](O)[C@H](O)[C@H]4O)[C@@H]4C(CO)=CC[C@H]34)cc2)cc1. The summed E-state index contributed by atoms with van der Waals surface area (Å²) < 4.78 is 23.0. The summed E-state index contributed by atoms with van der Waals surface area (Å²) >= 11 is 0. The van der Waals surface area contributed by atoms with Gasteiger partial charge in [0.2, 0.25) is 6.29 Å². The molecule has 0 aromatic heterocycles. The predicted molar refractivity (Wildman–Crippen MR) is 155 cm³/mol. The second-order valence-corrected chi connectivity index (χ2v) is 12.1. The molecule has 1 aliphatic carbocycles. The zero-order valence-corrected chi connectivity index (χ0v) is 24.3. The van der Waals surface area contributed by atoms with E-state index in [1.165, 1.54) is 11.8 Å². The number of carbonyl (C=O) groups excluding carboxylic acids is 1. The Morgan fingerprint density at radius 1 is 0.930 bits per heavy atom. The van der Waals surface area contributed by atoms with Crippen molar-refractivity contribution in [2.45, 2.75) is 69.6 Å². The molecule has 8 atom stereocenters. The third-order valence-corrected chi connectivity index (χ3v) is 8.15. The normalized spacial score (nSPS) is 30.5. The number of rotatable bonds is 8. The van der Waals surface area contributed by atoms with Crippen molar-refractivity contribution in [3.63, 3.8) is 0 Å². The summed E-state index contributed by atoms with van der Waals surface area (Å²) in [7, 11) is 0.